The van der Waals surface area contributed by atoms with E-state index in [0.717, 1.165) is 17.6 Å². The molecule has 0 spiro atoms. The summed E-state index contributed by atoms with van der Waals surface area (Å²) >= 11 is 0. The number of aldehydes is 1. The van der Waals surface area contributed by atoms with E-state index in [4.69, 9.17) is 0 Å². The van der Waals surface area contributed by atoms with Crippen molar-refractivity contribution >= 4 is 12.0 Å². The van der Waals surface area contributed by atoms with Gasteiger partial charge in [0.2, 0.25) is 0 Å². The summed E-state index contributed by atoms with van der Waals surface area (Å²) < 4.78 is 0. The average molecular weight is 175 g/mol. The Kier molecular flexibility index (Phi) is 2.04. The third-order valence-corrected chi connectivity index (χ3v) is 1.94. The van der Waals surface area contributed by atoms with E-state index in [2.05, 4.69) is 15.5 Å². The number of nitrogens with one attached hydrogen (secondary N) is 1. The molecule has 0 fully saturated rings. The van der Waals surface area contributed by atoms with Crippen LogP contribution in [0, 0.1) is 0 Å². The number of nitrogens with zero attached hydrogens (tertiary/aromatic N) is 2. The van der Waals surface area contributed by atoms with Gasteiger partial charge in [-0.3, -0.25) is 10.4 Å². The number of hydrazone groups is 1. The van der Waals surface area contributed by atoms with Crippen LogP contribution in [-0.4, -0.2) is 23.0 Å². The SMILES string of the molecule is O=CC1CC(c2cccnc2)=NN1. The van der Waals surface area contributed by atoms with Crippen LogP contribution in [0.3, 0.4) is 0 Å². The van der Waals surface area contributed by atoms with Gasteiger partial charge in [-0.25, -0.2) is 0 Å². The Morgan fingerprint density at radius 2 is 2.54 bits per heavy atom. The molecular formula is C9H9N3O. The standard InChI is InChI=1S/C9H9N3O/c13-6-8-4-9(12-11-8)7-2-1-3-10-5-7/h1-3,5-6,8,11H,4H2. The highest BCUT2D eigenvalue weighted by molar-refractivity contribution is 6.02. The molecule has 0 amide bonds. The number of hydrogen-bond donors (Lipinski definition) is 1. The van der Waals surface area contributed by atoms with E-state index in [1.165, 1.54) is 0 Å². The first-order chi connectivity index (χ1) is 6.40. The minimum absolute atomic E-state index is 0.171. The molecule has 0 saturated heterocycles. The third kappa shape index (κ3) is 1.56. The summed E-state index contributed by atoms with van der Waals surface area (Å²) in [5.41, 5.74) is 4.61. The van der Waals surface area contributed by atoms with Crippen LogP contribution in [0.4, 0.5) is 0 Å². The van der Waals surface area contributed by atoms with Gasteiger partial charge in [-0.1, -0.05) is 6.07 Å². The summed E-state index contributed by atoms with van der Waals surface area (Å²) in [4.78, 5) is 14.4. The quantitative estimate of drug-likeness (QED) is 0.660. The van der Waals surface area contributed by atoms with Gasteiger partial charge in [0.25, 0.3) is 0 Å². The van der Waals surface area contributed by atoms with E-state index in [0.29, 0.717) is 6.42 Å². The second kappa shape index (κ2) is 3.35. The Morgan fingerprint density at radius 1 is 1.62 bits per heavy atom. The lowest BCUT2D eigenvalue weighted by atomic mass is 10.1. The molecule has 1 aromatic heterocycles. The molecule has 2 rings (SSSR count). The second-order valence-electron chi connectivity index (χ2n) is 2.88. The molecule has 0 radical (unpaired) electrons. The monoisotopic (exact) mass is 175 g/mol. The highest BCUT2D eigenvalue weighted by atomic mass is 16.1. The summed E-state index contributed by atoms with van der Waals surface area (Å²) in [5, 5.41) is 4.05. The summed E-state index contributed by atoms with van der Waals surface area (Å²) in [6.45, 7) is 0. The lowest BCUT2D eigenvalue weighted by Crippen LogP contribution is -2.20. The fraction of sp³-hybridized carbons (Fsp3) is 0.222. The topological polar surface area (TPSA) is 54.4 Å². The van der Waals surface area contributed by atoms with Gasteiger partial charge >= 0.3 is 0 Å². The number of pyridine rings is 1. The van der Waals surface area contributed by atoms with Crippen molar-refractivity contribution in [1.82, 2.24) is 10.4 Å². The molecule has 0 bridgehead atoms. The van der Waals surface area contributed by atoms with Gasteiger partial charge in [0.15, 0.2) is 0 Å². The third-order valence-electron chi connectivity index (χ3n) is 1.94. The van der Waals surface area contributed by atoms with Crippen LogP contribution in [0.1, 0.15) is 12.0 Å². The molecule has 1 aliphatic rings. The predicted molar refractivity (Wildman–Crippen MR) is 48.4 cm³/mol. The summed E-state index contributed by atoms with van der Waals surface area (Å²) in [5.74, 6) is 0. The van der Waals surface area contributed by atoms with Gasteiger partial charge in [-0.2, -0.15) is 5.10 Å². The van der Waals surface area contributed by atoms with Crippen molar-refractivity contribution in [3.05, 3.63) is 30.1 Å². The number of carbonyl (C=O) groups is 1. The highest BCUT2D eigenvalue weighted by Gasteiger charge is 2.18. The second-order valence-corrected chi connectivity index (χ2v) is 2.88. The van der Waals surface area contributed by atoms with Crippen molar-refractivity contribution in [3.63, 3.8) is 0 Å². The molecule has 13 heavy (non-hydrogen) atoms. The summed E-state index contributed by atoms with van der Waals surface area (Å²) in [7, 11) is 0. The number of aromatic nitrogens is 1. The van der Waals surface area contributed by atoms with E-state index >= 15 is 0 Å². The molecule has 1 aliphatic heterocycles. The first kappa shape index (κ1) is 7.91. The molecule has 4 heteroatoms. The lowest BCUT2D eigenvalue weighted by molar-refractivity contribution is -0.109. The van der Waals surface area contributed by atoms with Crippen LogP contribution in [-0.2, 0) is 4.79 Å². The summed E-state index contributed by atoms with van der Waals surface area (Å²) in [6.07, 6.45) is 4.97. The number of rotatable bonds is 2. The van der Waals surface area contributed by atoms with Crippen LogP contribution >= 0.6 is 0 Å². The van der Waals surface area contributed by atoms with Crippen molar-refractivity contribution in [2.45, 2.75) is 12.5 Å². The van der Waals surface area contributed by atoms with Crippen LogP contribution in [0.15, 0.2) is 29.6 Å². The normalized spacial score (nSPS) is 20.6. The van der Waals surface area contributed by atoms with E-state index in [9.17, 15) is 4.79 Å². The van der Waals surface area contributed by atoms with Crippen LogP contribution in [0.5, 0.6) is 0 Å². The molecule has 1 N–H and O–H groups in total. The number of carbonyl (C=O) groups excluding carboxylic acids is 1. The van der Waals surface area contributed by atoms with Gasteiger partial charge in [-0.15, -0.1) is 0 Å². The van der Waals surface area contributed by atoms with Gasteiger partial charge in [-0.05, 0) is 6.07 Å². The molecule has 1 unspecified atom stereocenters. The van der Waals surface area contributed by atoms with Gasteiger partial charge in [0.1, 0.15) is 12.3 Å². The predicted octanol–water partition coefficient (Wildman–Crippen LogP) is 0.346. The zero-order valence-electron chi connectivity index (χ0n) is 6.97. The lowest BCUT2D eigenvalue weighted by Gasteiger charge is -1.97. The van der Waals surface area contributed by atoms with Crippen LogP contribution in [0.2, 0.25) is 0 Å². The zero-order valence-corrected chi connectivity index (χ0v) is 6.97. The maximum absolute atomic E-state index is 10.4. The maximum Gasteiger partial charge on any atom is 0.144 e. The van der Waals surface area contributed by atoms with Crippen molar-refractivity contribution < 1.29 is 4.79 Å². The van der Waals surface area contributed by atoms with Crippen molar-refractivity contribution in [2.75, 3.05) is 0 Å². The van der Waals surface area contributed by atoms with Crippen LogP contribution in [0.25, 0.3) is 0 Å². The van der Waals surface area contributed by atoms with E-state index < -0.39 is 0 Å². The van der Waals surface area contributed by atoms with Gasteiger partial charge in [0.05, 0.1) is 5.71 Å². The molecule has 2 heterocycles. The van der Waals surface area contributed by atoms with Gasteiger partial charge < -0.3 is 4.79 Å². The van der Waals surface area contributed by atoms with E-state index in [-0.39, 0.29) is 6.04 Å². The maximum atomic E-state index is 10.4. The average Bonchev–Trinajstić information content (AvgIpc) is 2.67. The molecule has 1 aromatic rings. The van der Waals surface area contributed by atoms with Gasteiger partial charge in [0, 0.05) is 24.4 Å². The Morgan fingerprint density at radius 3 is 3.15 bits per heavy atom. The van der Waals surface area contributed by atoms with Crippen molar-refractivity contribution in [3.8, 4) is 0 Å². The minimum atomic E-state index is -0.171. The molecule has 66 valence electrons. The Bertz CT molecular complexity index is 334. The molecule has 0 saturated carbocycles. The van der Waals surface area contributed by atoms with E-state index in [1.54, 1.807) is 12.4 Å². The van der Waals surface area contributed by atoms with E-state index in [1.807, 2.05) is 12.1 Å². The molecule has 4 nitrogen and oxygen atoms in total. The Hall–Kier alpha value is -1.71. The summed E-state index contributed by atoms with van der Waals surface area (Å²) in [6, 6.07) is 3.61. The molecular weight excluding hydrogens is 166 g/mol. The first-order valence-corrected chi connectivity index (χ1v) is 4.08. The largest absolute Gasteiger partial charge is 0.301 e. The smallest absolute Gasteiger partial charge is 0.144 e. The molecule has 1 atom stereocenters. The Labute approximate surface area is 75.7 Å². The fourth-order valence-electron chi connectivity index (χ4n) is 1.25. The minimum Gasteiger partial charge on any atom is -0.301 e. The highest BCUT2D eigenvalue weighted by Crippen LogP contribution is 2.09. The first-order valence-electron chi connectivity index (χ1n) is 4.08. The molecule has 0 aliphatic carbocycles. The number of hydrogen-bond acceptors (Lipinski definition) is 4. The zero-order chi connectivity index (χ0) is 9.10. The van der Waals surface area contributed by atoms with Crippen LogP contribution < -0.4 is 5.43 Å². The van der Waals surface area contributed by atoms with Crippen molar-refractivity contribution in [2.24, 2.45) is 5.10 Å². The fourth-order valence-corrected chi connectivity index (χ4v) is 1.25. The van der Waals surface area contributed by atoms with Crippen molar-refractivity contribution in [1.29, 1.82) is 0 Å². The Balaban J connectivity index is 2.17. The molecule has 0 aromatic carbocycles.